The number of ether oxygens (including phenoxy) is 6. The third kappa shape index (κ3) is 21.2. The van der Waals surface area contributed by atoms with Crippen molar-refractivity contribution in [1.82, 2.24) is 0 Å². The zero-order valence-corrected chi connectivity index (χ0v) is 71.3. The Kier molecular flexibility index (Phi) is 27.7. The maximum atomic E-state index is 9.36. The monoisotopic (exact) mass is 1660 g/mol. The van der Waals surface area contributed by atoms with Crippen LogP contribution in [0.4, 0.5) is 0 Å². The zero-order valence-electron chi connectivity index (χ0n) is 70.5. The largest absolute Gasteiger partial charge is 0.457 e. The van der Waals surface area contributed by atoms with Gasteiger partial charge >= 0.3 is 0 Å². The Morgan fingerprint density at radius 1 is 0.189 bits per heavy atom. The van der Waals surface area contributed by atoms with E-state index in [2.05, 4.69) is 188 Å². The fourth-order valence-electron chi connectivity index (χ4n) is 13.9. The van der Waals surface area contributed by atoms with Crippen LogP contribution >= 0.6 is 11.8 Å². The number of rotatable bonds is 22. The molecule has 0 bridgehead atoms. The van der Waals surface area contributed by atoms with Gasteiger partial charge in [-0.2, -0.15) is 47.4 Å². The van der Waals surface area contributed by atoms with E-state index in [0.29, 0.717) is 119 Å². The van der Waals surface area contributed by atoms with E-state index < -0.39 is 0 Å². The first-order valence-corrected chi connectivity index (χ1v) is 40.6. The molecule has 14 rings (SSSR count). The minimum atomic E-state index is -0.289. The molecular formula is C111H77N9O6S. The Labute approximate surface area is 744 Å². The molecule has 0 atom stereocenters. The van der Waals surface area contributed by atoms with Gasteiger partial charge in [0.25, 0.3) is 0 Å². The number of hydrogen-bond acceptors (Lipinski definition) is 16. The van der Waals surface area contributed by atoms with Crippen molar-refractivity contribution in [1.29, 1.82) is 47.4 Å². The third-order valence-electron chi connectivity index (χ3n) is 21.7. The number of benzene rings is 14. The molecule has 0 aliphatic heterocycles. The summed E-state index contributed by atoms with van der Waals surface area (Å²) in [5.41, 5.74) is 12.9. The Balaban J connectivity index is 0.000000175. The number of nitriles is 9. The quantitative estimate of drug-likeness (QED) is 0.0571. The summed E-state index contributed by atoms with van der Waals surface area (Å²) in [4.78, 5) is 2.05. The highest BCUT2D eigenvalue weighted by atomic mass is 32.2. The van der Waals surface area contributed by atoms with Crippen LogP contribution in [0.3, 0.4) is 0 Å². The molecule has 0 saturated heterocycles. The van der Waals surface area contributed by atoms with Crippen LogP contribution in [0.15, 0.2) is 313 Å². The van der Waals surface area contributed by atoms with Crippen LogP contribution in [0.5, 0.6) is 69.0 Å². The first-order chi connectivity index (χ1) is 61.3. The third-order valence-corrected chi connectivity index (χ3v) is 22.7. The van der Waals surface area contributed by atoms with Crippen LogP contribution in [0.25, 0.3) is 0 Å². The van der Waals surface area contributed by atoms with E-state index >= 15 is 0 Å². The maximum Gasteiger partial charge on any atom is 0.128 e. The van der Waals surface area contributed by atoms with E-state index in [1.165, 1.54) is 22.3 Å². The van der Waals surface area contributed by atoms with Crippen molar-refractivity contribution in [3.63, 3.8) is 0 Å². The molecule has 608 valence electrons. The predicted molar refractivity (Wildman–Crippen MR) is 490 cm³/mol. The Bertz CT molecular complexity index is 6610. The van der Waals surface area contributed by atoms with Crippen LogP contribution in [-0.2, 0) is 21.7 Å². The van der Waals surface area contributed by atoms with Crippen LogP contribution in [0, 0.1) is 139 Å². The highest BCUT2D eigenvalue weighted by molar-refractivity contribution is 7.99. The molecule has 0 aliphatic rings. The van der Waals surface area contributed by atoms with Gasteiger partial charge in [0.1, 0.15) is 124 Å². The molecule has 0 spiro atoms. The molecule has 0 N–H and O–H groups in total. The molecule has 0 heterocycles. The van der Waals surface area contributed by atoms with E-state index in [0.717, 1.165) is 32.0 Å². The average molecular weight is 1660 g/mol. The van der Waals surface area contributed by atoms with E-state index in [-0.39, 0.29) is 38.4 Å². The van der Waals surface area contributed by atoms with Gasteiger partial charge in [0, 0.05) is 48.1 Å². The van der Waals surface area contributed by atoms with Gasteiger partial charge in [-0.15, -0.1) is 19.3 Å². The Morgan fingerprint density at radius 2 is 0.362 bits per heavy atom. The van der Waals surface area contributed by atoms with Gasteiger partial charge in [-0.05, 0) is 251 Å². The molecule has 127 heavy (non-hydrogen) atoms. The van der Waals surface area contributed by atoms with Gasteiger partial charge in [-0.1, -0.05) is 182 Å². The predicted octanol–water partition coefficient (Wildman–Crippen LogP) is 26.1. The minimum absolute atomic E-state index is 0.251. The van der Waals surface area contributed by atoms with Gasteiger partial charge in [0.2, 0.25) is 0 Å². The molecule has 0 radical (unpaired) electrons. The molecule has 0 unspecified atom stereocenters. The zero-order chi connectivity index (χ0) is 90.4. The molecular weight excluding hydrogens is 1590 g/mol. The molecule has 15 nitrogen and oxygen atoms in total. The van der Waals surface area contributed by atoms with Gasteiger partial charge in [0.15, 0.2) is 0 Å². The lowest BCUT2D eigenvalue weighted by Gasteiger charge is -2.31. The SMILES string of the molecule is C#Cc1cc(Oc2ccc(C(C)(C)c3cccc(C(C)(C)c4ccc(Oc5ccc(C#N)c(C#N)c5)cc4)c3)cc2)ccc1C#N.C#Cc1cc(Oc2ccc(Sc3ccc(Oc4ccc(C#N)c(C#N)c4)cc3)cc2)ccc1C#N.C#Cc1ccc(Oc2ccc(C(C)(C)c3ccc(C(C)(C)c4ccc(Oc5ccc(C#N)c(C#N)c5)cc4)cc3)cc2)cc1C#N. The van der Waals surface area contributed by atoms with Crippen LogP contribution in [0.1, 0.15) is 167 Å². The fraction of sp³-hybridized carbons (Fsp3) is 0.108. The summed E-state index contributed by atoms with van der Waals surface area (Å²) in [5.74, 6) is 14.7. The van der Waals surface area contributed by atoms with Gasteiger partial charge in [0.05, 0.1) is 50.1 Å². The maximum absolute atomic E-state index is 9.36. The molecule has 14 aromatic carbocycles. The number of hydrogen-bond donors (Lipinski definition) is 0. The van der Waals surface area contributed by atoms with Crippen molar-refractivity contribution in [3.8, 4) is 161 Å². The summed E-state index contributed by atoms with van der Waals surface area (Å²) < 4.78 is 35.6. The van der Waals surface area contributed by atoms with Crippen molar-refractivity contribution < 1.29 is 28.4 Å². The van der Waals surface area contributed by atoms with E-state index in [1.54, 1.807) is 121 Å². The van der Waals surface area contributed by atoms with E-state index in [1.807, 2.05) is 133 Å². The lowest BCUT2D eigenvalue weighted by Crippen LogP contribution is -2.22. The standard InChI is InChI=1S/2C41H31N3O2.C29H15N3O2S/c1-6-28-7-17-38(23-30(28)26-43)45-36-19-13-34(14-20-36)40(2,3)32-9-11-33(12-10-32)41(4,5)35-15-21-37(22-16-35)46-39-18-8-29(25-42)31(24-39)27-44;1-6-28-22-38(16-10-29(28)25-42)45-36-18-12-32(13-19-36)40(2,3)34-8-7-9-35(24-34)41(4,5)33-14-20-37(21-15-33)46-39-17-11-30(26-43)31(23-39)27-44;1-2-20-15-26(5-3-21(20)17-30)33-24-7-11-28(12-8-24)35-29-13-9-25(10-14-29)34-27-6-4-22(18-31)23(16-27)19-32/h2*1,7-24H,2-5H3;1,3-16H. The van der Waals surface area contributed by atoms with Crippen LogP contribution in [-0.4, -0.2) is 0 Å². The fourth-order valence-corrected chi connectivity index (χ4v) is 14.7. The lowest BCUT2D eigenvalue weighted by molar-refractivity contribution is 0.481. The molecule has 0 saturated carbocycles. The van der Waals surface area contributed by atoms with Crippen molar-refractivity contribution >= 4 is 11.8 Å². The van der Waals surface area contributed by atoms with E-state index in [9.17, 15) is 26.3 Å². The van der Waals surface area contributed by atoms with Crippen molar-refractivity contribution in [2.24, 2.45) is 0 Å². The second-order valence-corrected chi connectivity index (χ2v) is 32.2. The molecule has 16 heteroatoms. The second-order valence-electron chi connectivity index (χ2n) is 31.1. The summed E-state index contributed by atoms with van der Waals surface area (Å²) in [6.45, 7) is 17.6. The molecule has 0 amide bonds. The summed E-state index contributed by atoms with van der Waals surface area (Å²) in [5, 5.41) is 82.8. The first kappa shape index (κ1) is 88.6. The summed E-state index contributed by atoms with van der Waals surface area (Å²) in [6, 6.07) is 113. The van der Waals surface area contributed by atoms with Crippen LogP contribution < -0.4 is 28.4 Å². The topological polar surface area (TPSA) is 269 Å². The molecule has 14 aromatic rings. The molecule has 0 aliphatic carbocycles. The number of terminal acetylenes is 3. The first-order valence-electron chi connectivity index (χ1n) is 39.7. The minimum Gasteiger partial charge on any atom is -0.457 e. The van der Waals surface area contributed by atoms with Crippen molar-refractivity contribution in [2.45, 2.75) is 86.8 Å². The molecule has 0 aromatic heterocycles. The average Bonchev–Trinajstić information content (AvgIpc) is 0.779. The Hall–Kier alpha value is -17.7. The molecule has 0 fully saturated rings. The van der Waals surface area contributed by atoms with Gasteiger partial charge < -0.3 is 28.4 Å². The van der Waals surface area contributed by atoms with E-state index in [4.69, 9.17) is 68.7 Å². The normalized spacial score (nSPS) is 10.6. The van der Waals surface area contributed by atoms with Gasteiger partial charge in [-0.3, -0.25) is 0 Å². The highest BCUT2D eigenvalue weighted by Gasteiger charge is 2.30. The second kappa shape index (κ2) is 39.7. The highest BCUT2D eigenvalue weighted by Crippen LogP contribution is 2.43. The van der Waals surface area contributed by atoms with Gasteiger partial charge in [-0.25, -0.2) is 0 Å². The lowest BCUT2D eigenvalue weighted by atomic mass is 9.73. The van der Waals surface area contributed by atoms with Crippen molar-refractivity contribution in [2.75, 3.05) is 0 Å². The summed E-state index contributed by atoms with van der Waals surface area (Å²) in [7, 11) is 0. The number of nitrogens with zero attached hydrogens (tertiary/aromatic N) is 9. The summed E-state index contributed by atoms with van der Waals surface area (Å²) >= 11 is 1.59. The van der Waals surface area contributed by atoms with Crippen LogP contribution in [0.2, 0.25) is 0 Å². The smallest absolute Gasteiger partial charge is 0.128 e. The van der Waals surface area contributed by atoms with Crippen molar-refractivity contribution in [3.05, 3.63) is 415 Å². The summed E-state index contributed by atoms with van der Waals surface area (Å²) in [6.07, 6.45) is 16.5. The Morgan fingerprint density at radius 3 is 0.583 bits per heavy atom.